The van der Waals surface area contributed by atoms with Crippen molar-refractivity contribution in [2.75, 3.05) is 0 Å². The molecule has 0 aliphatic rings. The molecule has 27 heavy (non-hydrogen) atoms. The fourth-order valence-electron chi connectivity index (χ4n) is 2.52. The molecule has 3 aromatic rings. The van der Waals surface area contributed by atoms with E-state index in [-0.39, 0.29) is 17.8 Å². The van der Waals surface area contributed by atoms with Gasteiger partial charge in [-0.25, -0.2) is 4.39 Å². The van der Waals surface area contributed by atoms with Crippen LogP contribution in [0.1, 0.15) is 24.1 Å². The quantitative estimate of drug-likeness (QED) is 0.634. The third-order valence-electron chi connectivity index (χ3n) is 3.86. The summed E-state index contributed by atoms with van der Waals surface area (Å²) >= 11 is 0. The molecule has 5 heteroatoms. The molecule has 1 atom stereocenters. The van der Waals surface area contributed by atoms with E-state index in [1.807, 2.05) is 37.3 Å². The van der Waals surface area contributed by atoms with Crippen LogP contribution in [0, 0.1) is 5.82 Å². The average Bonchev–Trinajstić information content (AvgIpc) is 2.67. The summed E-state index contributed by atoms with van der Waals surface area (Å²) < 4.78 is 18.9. The lowest BCUT2D eigenvalue weighted by atomic mass is 10.1. The maximum absolute atomic E-state index is 13.2. The summed E-state index contributed by atoms with van der Waals surface area (Å²) in [6.45, 7) is 1.89. The molecule has 4 nitrogen and oxygen atoms in total. The first kappa shape index (κ1) is 18.3. The number of pyridine rings is 1. The number of hydrogen-bond donors (Lipinski definition) is 1. The molecule has 136 valence electrons. The van der Waals surface area contributed by atoms with E-state index in [2.05, 4.69) is 10.3 Å². The predicted molar refractivity (Wildman–Crippen MR) is 103 cm³/mol. The van der Waals surface area contributed by atoms with Crippen LogP contribution in [-0.2, 0) is 4.79 Å². The van der Waals surface area contributed by atoms with Crippen molar-refractivity contribution < 1.29 is 13.9 Å². The molecule has 3 rings (SSSR count). The summed E-state index contributed by atoms with van der Waals surface area (Å²) in [5.74, 6) is 0.711. The fraction of sp³-hybridized carbons (Fsp3) is 0.0909. The highest BCUT2D eigenvalue weighted by Crippen LogP contribution is 2.24. The zero-order valence-electron chi connectivity index (χ0n) is 14.8. The van der Waals surface area contributed by atoms with Gasteiger partial charge in [-0.1, -0.05) is 24.3 Å². The molecule has 0 spiro atoms. The van der Waals surface area contributed by atoms with Gasteiger partial charge in [-0.3, -0.25) is 9.78 Å². The van der Waals surface area contributed by atoms with Crippen molar-refractivity contribution in [3.05, 3.63) is 96.1 Å². The number of benzene rings is 2. The average molecular weight is 362 g/mol. The van der Waals surface area contributed by atoms with Crippen LogP contribution in [0.3, 0.4) is 0 Å². The highest BCUT2D eigenvalue weighted by Gasteiger charge is 2.09. The van der Waals surface area contributed by atoms with E-state index in [9.17, 15) is 9.18 Å². The maximum atomic E-state index is 13.2. The van der Waals surface area contributed by atoms with Crippen molar-refractivity contribution in [2.45, 2.75) is 13.0 Å². The van der Waals surface area contributed by atoms with E-state index in [1.54, 1.807) is 36.7 Å². The maximum Gasteiger partial charge on any atom is 0.244 e. The Morgan fingerprint density at radius 1 is 1.11 bits per heavy atom. The Morgan fingerprint density at radius 2 is 1.93 bits per heavy atom. The summed E-state index contributed by atoms with van der Waals surface area (Å²) in [5, 5.41) is 2.88. The van der Waals surface area contributed by atoms with Gasteiger partial charge in [0.25, 0.3) is 0 Å². The van der Waals surface area contributed by atoms with E-state index in [4.69, 9.17) is 4.74 Å². The Bertz CT molecular complexity index is 942. The van der Waals surface area contributed by atoms with Gasteiger partial charge in [-0.2, -0.15) is 0 Å². The number of nitrogens with zero attached hydrogens (tertiary/aromatic N) is 1. The zero-order chi connectivity index (χ0) is 19.1. The van der Waals surface area contributed by atoms with Crippen molar-refractivity contribution in [2.24, 2.45) is 0 Å². The number of amides is 1. The monoisotopic (exact) mass is 362 g/mol. The first-order chi connectivity index (χ1) is 13.1. The molecule has 1 unspecified atom stereocenters. The Kier molecular flexibility index (Phi) is 5.94. The van der Waals surface area contributed by atoms with E-state index in [0.717, 1.165) is 5.56 Å². The lowest BCUT2D eigenvalue weighted by molar-refractivity contribution is -0.117. The molecule has 0 bridgehead atoms. The number of hydrogen-bond acceptors (Lipinski definition) is 3. The highest BCUT2D eigenvalue weighted by atomic mass is 19.1. The molecule has 0 fully saturated rings. The molecule has 0 saturated heterocycles. The lowest BCUT2D eigenvalue weighted by Crippen LogP contribution is -2.24. The molecule has 1 aromatic heterocycles. The fourth-order valence-corrected chi connectivity index (χ4v) is 2.52. The van der Waals surface area contributed by atoms with Crippen LogP contribution in [0.25, 0.3) is 6.08 Å². The number of rotatable bonds is 6. The van der Waals surface area contributed by atoms with Crippen molar-refractivity contribution >= 4 is 12.0 Å². The van der Waals surface area contributed by atoms with E-state index >= 15 is 0 Å². The topological polar surface area (TPSA) is 51.2 Å². The lowest BCUT2D eigenvalue weighted by Gasteiger charge is -2.14. The normalized spacial score (nSPS) is 11.9. The third-order valence-corrected chi connectivity index (χ3v) is 3.86. The third kappa shape index (κ3) is 5.51. The standard InChI is InChI=1S/C22H19FN2O2/c1-16(25-22(26)11-10-17-5-2-7-19(23)13-17)18-6-3-8-20(14-18)27-21-9-4-12-24-15-21/h2-16H,1H3,(H,25,26)/b11-10+. The molecule has 0 saturated carbocycles. The Labute approximate surface area is 157 Å². The van der Waals surface area contributed by atoms with Gasteiger partial charge in [0.1, 0.15) is 17.3 Å². The van der Waals surface area contributed by atoms with Gasteiger partial charge >= 0.3 is 0 Å². The van der Waals surface area contributed by atoms with Crippen molar-refractivity contribution in [3.63, 3.8) is 0 Å². The van der Waals surface area contributed by atoms with Crippen LogP contribution in [0.4, 0.5) is 4.39 Å². The number of ether oxygens (including phenoxy) is 1. The first-order valence-electron chi connectivity index (χ1n) is 8.52. The van der Waals surface area contributed by atoms with Gasteiger partial charge in [0.15, 0.2) is 0 Å². The van der Waals surface area contributed by atoms with Gasteiger partial charge in [0, 0.05) is 12.3 Å². The molecule has 0 aliphatic carbocycles. The molecule has 0 aliphatic heterocycles. The number of carbonyl (C=O) groups excluding carboxylic acids is 1. The minimum absolute atomic E-state index is 0.216. The second-order valence-corrected chi connectivity index (χ2v) is 5.98. The number of halogens is 1. The smallest absolute Gasteiger partial charge is 0.244 e. The first-order valence-corrected chi connectivity index (χ1v) is 8.52. The summed E-state index contributed by atoms with van der Waals surface area (Å²) in [6.07, 6.45) is 6.28. The Balaban J connectivity index is 1.62. The molecule has 0 radical (unpaired) electrons. The Morgan fingerprint density at radius 3 is 2.70 bits per heavy atom. The van der Waals surface area contributed by atoms with Crippen LogP contribution in [0.15, 0.2) is 79.1 Å². The molecular formula is C22H19FN2O2. The van der Waals surface area contributed by atoms with Gasteiger partial charge < -0.3 is 10.1 Å². The zero-order valence-corrected chi connectivity index (χ0v) is 14.8. The minimum Gasteiger partial charge on any atom is -0.456 e. The largest absolute Gasteiger partial charge is 0.456 e. The molecular weight excluding hydrogens is 343 g/mol. The second-order valence-electron chi connectivity index (χ2n) is 5.98. The van der Waals surface area contributed by atoms with Crippen molar-refractivity contribution in [3.8, 4) is 11.5 Å². The summed E-state index contributed by atoms with van der Waals surface area (Å²) in [4.78, 5) is 16.1. The molecule has 1 amide bonds. The van der Waals surface area contributed by atoms with Crippen molar-refractivity contribution in [1.82, 2.24) is 10.3 Å². The number of nitrogens with one attached hydrogen (secondary N) is 1. The van der Waals surface area contributed by atoms with Crippen LogP contribution < -0.4 is 10.1 Å². The molecule has 1 heterocycles. The summed E-state index contributed by atoms with van der Waals surface area (Å²) in [6, 6.07) is 17.0. The SMILES string of the molecule is CC(NC(=O)/C=C/c1cccc(F)c1)c1cccc(Oc2cccnc2)c1. The van der Waals surface area contributed by atoms with E-state index in [0.29, 0.717) is 17.1 Å². The second kappa shape index (κ2) is 8.76. The van der Waals surface area contributed by atoms with Gasteiger partial charge in [-0.15, -0.1) is 0 Å². The van der Waals surface area contributed by atoms with E-state index < -0.39 is 0 Å². The predicted octanol–water partition coefficient (Wildman–Crippen LogP) is 4.90. The van der Waals surface area contributed by atoms with Crippen LogP contribution in [-0.4, -0.2) is 10.9 Å². The Hall–Kier alpha value is -3.47. The van der Waals surface area contributed by atoms with E-state index in [1.165, 1.54) is 18.2 Å². The molecule has 1 N–H and O–H groups in total. The minimum atomic E-state index is -0.337. The number of carbonyl (C=O) groups is 1. The summed E-state index contributed by atoms with van der Waals surface area (Å²) in [7, 11) is 0. The molecule has 2 aromatic carbocycles. The van der Waals surface area contributed by atoms with Crippen LogP contribution >= 0.6 is 0 Å². The van der Waals surface area contributed by atoms with Crippen LogP contribution in [0.2, 0.25) is 0 Å². The van der Waals surface area contributed by atoms with Gasteiger partial charge in [0.05, 0.1) is 12.2 Å². The summed E-state index contributed by atoms with van der Waals surface area (Å²) in [5.41, 5.74) is 1.54. The van der Waals surface area contributed by atoms with Crippen LogP contribution in [0.5, 0.6) is 11.5 Å². The van der Waals surface area contributed by atoms with Gasteiger partial charge in [0.2, 0.25) is 5.91 Å². The van der Waals surface area contributed by atoms with Crippen molar-refractivity contribution in [1.29, 1.82) is 0 Å². The number of aromatic nitrogens is 1. The highest BCUT2D eigenvalue weighted by molar-refractivity contribution is 5.91. The van der Waals surface area contributed by atoms with Gasteiger partial charge in [-0.05, 0) is 60.5 Å².